The van der Waals surface area contributed by atoms with E-state index >= 15 is 0 Å². The number of methoxy groups -OCH3 is 1. The van der Waals surface area contributed by atoms with Gasteiger partial charge in [0.1, 0.15) is 0 Å². The average Bonchev–Trinajstić information content (AvgIpc) is 2.76. The highest BCUT2D eigenvalue weighted by Gasteiger charge is 2.13. The zero-order valence-electron chi connectivity index (χ0n) is 11.0. The van der Waals surface area contributed by atoms with Crippen molar-refractivity contribution in [1.29, 1.82) is 0 Å². The van der Waals surface area contributed by atoms with Crippen molar-refractivity contribution >= 4 is 5.69 Å². The maximum Gasteiger partial charge on any atom is 0.0615 e. The zero-order valence-corrected chi connectivity index (χ0v) is 11.0. The molecule has 1 aromatic rings. The number of rotatable bonds is 5. The predicted octanol–water partition coefficient (Wildman–Crippen LogP) is 2.12. The van der Waals surface area contributed by atoms with Gasteiger partial charge in [0, 0.05) is 31.9 Å². The molecule has 0 amide bonds. The van der Waals surface area contributed by atoms with Gasteiger partial charge in [0.15, 0.2) is 0 Å². The fourth-order valence-corrected chi connectivity index (χ4v) is 2.27. The molecule has 2 rings (SSSR count). The molecular weight excluding hydrogens is 212 g/mol. The molecule has 0 aromatic heterocycles. The number of nitrogens with zero attached hydrogens (tertiary/aromatic N) is 1. The fourth-order valence-electron chi connectivity index (χ4n) is 2.27. The van der Waals surface area contributed by atoms with Gasteiger partial charge in [0.05, 0.1) is 6.61 Å². The summed E-state index contributed by atoms with van der Waals surface area (Å²) in [6.07, 6.45) is 1.15. The number of benzene rings is 1. The van der Waals surface area contributed by atoms with E-state index in [9.17, 15) is 0 Å². The standard InChI is InChI=1S/C14H22N2O/c1-11(10-17-3)16(2)9-12-4-5-14-13(8-12)6-7-15-14/h4-5,8,11,15H,6-7,9-10H2,1-3H3. The van der Waals surface area contributed by atoms with E-state index in [0.717, 1.165) is 26.1 Å². The molecule has 94 valence electrons. The fraction of sp³-hybridized carbons (Fsp3) is 0.571. The third kappa shape index (κ3) is 2.99. The van der Waals surface area contributed by atoms with Crippen molar-refractivity contribution in [3.8, 4) is 0 Å². The summed E-state index contributed by atoms with van der Waals surface area (Å²) in [5.41, 5.74) is 4.15. The third-order valence-corrected chi connectivity index (χ3v) is 3.47. The van der Waals surface area contributed by atoms with Crippen LogP contribution >= 0.6 is 0 Å². The molecule has 1 aliphatic heterocycles. The van der Waals surface area contributed by atoms with Crippen LogP contribution in [0.15, 0.2) is 18.2 Å². The molecule has 1 aliphatic rings. The number of likely N-dealkylation sites (N-methyl/N-ethyl adjacent to an activating group) is 1. The molecule has 0 saturated carbocycles. The van der Waals surface area contributed by atoms with Crippen molar-refractivity contribution in [2.75, 3.05) is 32.6 Å². The summed E-state index contributed by atoms with van der Waals surface area (Å²) in [6.45, 7) is 5.04. The van der Waals surface area contributed by atoms with Gasteiger partial charge in [-0.1, -0.05) is 12.1 Å². The molecule has 1 unspecified atom stereocenters. The van der Waals surface area contributed by atoms with Crippen LogP contribution in [-0.4, -0.2) is 38.3 Å². The average molecular weight is 234 g/mol. The molecule has 17 heavy (non-hydrogen) atoms. The van der Waals surface area contributed by atoms with Gasteiger partial charge in [-0.15, -0.1) is 0 Å². The number of anilines is 1. The molecule has 0 bridgehead atoms. The first-order valence-corrected chi connectivity index (χ1v) is 6.25. The van der Waals surface area contributed by atoms with Crippen molar-refractivity contribution in [2.24, 2.45) is 0 Å². The van der Waals surface area contributed by atoms with Gasteiger partial charge in [-0.3, -0.25) is 4.90 Å². The van der Waals surface area contributed by atoms with Gasteiger partial charge in [0.2, 0.25) is 0 Å². The van der Waals surface area contributed by atoms with Crippen molar-refractivity contribution < 1.29 is 4.74 Å². The Morgan fingerprint density at radius 3 is 3.06 bits per heavy atom. The molecule has 3 nitrogen and oxygen atoms in total. The Bertz CT molecular complexity index is 378. The molecule has 1 heterocycles. The maximum atomic E-state index is 5.18. The monoisotopic (exact) mass is 234 g/mol. The van der Waals surface area contributed by atoms with E-state index < -0.39 is 0 Å². The van der Waals surface area contributed by atoms with Crippen LogP contribution in [0.5, 0.6) is 0 Å². The summed E-state index contributed by atoms with van der Waals surface area (Å²) >= 11 is 0. The van der Waals surface area contributed by atoms with E-state index in [-0.39, 0.29) is 0 Å². The van der Waals surface area contributed by atoms with Crippen LogP contribution in [0.3, 0.4) is 0 Å². The van der Waals surface area contributed by atoms with Crippen LogP contribution in [0.25, 0.3) is 0 Å². The number of hydrogen-bond donors (Lipinski definition) is 1. The zero-order chi connectivity index (χ0) is 12.3. The Balaban J connectivity index is 1.99. The highest BCUT2D eigenvalue weighted by molar-refractivity contribution is 5.56. The van der Waals surface area contributed by atoms with Crippen LogP contribution in [0.4, 0.5) is 5.69 Å². The predicted molar refractivity (Wildman–Crippen MR) is 71.4 cm³/mol. The van der Waals surface area contributed by atoms with Crippen LogP contribution in [0.2, 0.25) is 0 Å². The lowest BCUT2D eigenvalue weighted by atomic mass is 10.1. The Hall–Kier alpha value is -1.06. The molecule has 0 spiro atoms. The molecular formula is C14H22N2O. The molecule has 0 aliphatic carbocycles. The highest BCUT2D eigenvalue weighted by atomic mass is 16.5. The molecule has 0 radical (unpaired) electrons. The normalized spacial score (nSPS) is 15.8. The molecule has 0 saturated heterocycles. The molecule has 1 N–H and O–H groups in total. The van der Waals surface area contributed by atoms with E-state index in [1.165, 1.54) is 16.8 Å². The smallest absolute Gasteiger partial charge is 0.0615 e. The summed E-state index contributed by atoms with van der Waals surface area (Å²) in [4.78, 5) is 2.33. The van der Waals surface area contributed by atoms with Gasteiger partial charge in [-0.2, -0.15) is 0 Å². The van der Waals surface area contributed by atoms with E-state index in [4.69, 9.17) is 4.74 Å². The first-order valence-electron chi connectivity index (χ1n) is 6.25. The second kappa shape index (κ2) is 5.52. The summed E-state index contributed by atoms with van der Waals surface area (Å²) in [6, 6.07) is 7.19. The Morgan fingerprint density at radius 1 is 1.47 bits per heavy atom. The lowest BCUT2D eigenvalue weighted by molar-refractivity contribution is 0.112. The largest absolute Gasteiger partial charge is 0.384 e. The molecule has 3 heteroatoms. The summed E-state index contributed by atoms with van der Waals surface area (Å²) in [7, 11) is 3.90. The lowest BCUT2D eigenvalue weighted by Crippen LogP contribution is -2.32. The van der Waals surface area contributed by atoms with Gasteiger partial charge in [0.25, 0.3) is 0 Å². The van der Waals surface area contributed by atoms with E-state index in [2.05, 4.69) is 42.4 Å². The van der Waals surface area contributed by atoms with E-state index in [1.807, 2.05) is 0 Å². The van der Waals surface area contributed by atoms with Crippen LogP contribution in [0.1, 0.15) is 18.1 Å². The van der Waals surface area contributed by atoms with Gasteiger partial charge in [-0.25, -0.2) is 0 Å². The number of hydrogen-bond acceptors (Lipinski definition) is 3. The van der Waals surface area contributed by atoms with Crippen LogP contribution in [-0.2, 0) is 17.7 Å². The first-order chi connectivity index (χ1) is 8.20. The Labute approximate surface area is 104 Å². The van der Waals surface area contributed by atoms with Crippen molar-refractivity contribution in [3.05, 3.63) is 29.3 Å². The lowest BCUT2D eigenvalue weighted by Gasteiger charge is -2.24. The number of nitrogens with one attached hydrogen (secondary N) is 1. The second-order valence-electron chi connectivity index (χ2n) is 4.89. The molecule has 1 atom stereocenters. The summed E-state index contributed by atoms with van der Waals surface area (Å²) in [5, 5.41) is 3.39. The topological polar surface area (TPSA) is 24.5 Å². The molecule has 0 fully saturated rings. The third-order valence-electron chi connectivity index (χ3n) is 3.47. The summed E-state index contributed by atoms with van der Waals surface area (Å²) < 4.78 is 5.18. The van der Waals surface area contributed by atoms with Crippen molar-refractivity contribution in [1.82, 2.24) is 4.90 Å². The second-order valence-corrected chi connectivity index (χ2v) is 4.89. The SMILES string of the molecule is COCC(C)N(C)Cc1ccc2c(c1)CCN2. The van der Waals surface area contributed by atoms with Crippen molar-refractivity contribution in [2.45, 2.75) is 25.9 Å². The highest BCUT2D eigenvalue weighted by Crippen LogP contribution is 2.23. The quantitative estimate of drug-likeness (QED) is 0.844. The summed E-state index contributed by atoms with van der Waals surface area (Å²) in [5.74, 6) is 0. The van der Waals surface area contributed by atoms with E-state index in [0.29, 0.717) is 6.04 Å². The van der Waals surface area contributed by atoms with Crippen LogP contribution in [0, 0.1) is 0 Å². The maximum absolute atomic E-state index is 5.18. The van der Waals surface area contributed by atoms with Gasteiger partial charge in [-0.05, 0) is 37.6 Å². The minimum absolute atomic E-state index is 0.450. The minimum atomic E-state index is 0.450. The van der Waals surface area contributed by atoms with Crippen molar-refractivity contribution in [3.63, 3.8) is 0 Å². The Kier molecular flexibility index (Phi) is 4.02. The minimum Gasteiger partial charge on any atom is -0.384 e. The van der Waals surface area contributed by atoms with Gasteiger partial charge < -0.3 is 10.1 Å². The van der Waals surface area contributed by atoms with Gasteiger partial charge >= 0.3 is 0 Å². The van der Waals surface area contributed by atoms with E-state index in [1.54, 1.807) is 7.11 Å². The number of ether oxygens (including phenoxy) is 1. The number of fused-ring (bicyclic) bond motifs is 1. The Morgan fingerprint density at radius 2 is 2.29 bits per heavy atom. The first kappa shape index (κ1) is 12.4. The molecule has 1 aromatic carbocycles. The van der Waals surface area contributed by atoms with Crippen LogP contribution < -0.4 is 5.32 Å².